The van der Waals surface area contributed by atoms with E-state index in [1.54, 1.807) is 0 Å². The van der Waals surface area contributed by atoms with Crippen molar-refractivity contribution in [1.29, 1.82) is 0 Å². The van der Waals surface area contributed by atoms with E-state index in [0.29, 0.717) is 6.04 Å². The summed E-state index contributed by atoms with van der Waals surface area (Å²) in [6.45, 7) is 0. The Morgan fingerprint density at radius 3 is 3.15 bits per heavy atom. The van der Waals surface area contributed by atoms with Crippen LogP contribution in [0.25, 0.3) is 0 Å². The van der Waals surface area contributed by atoms with E-state index in [-0.39, 0.29) is 0 Å². The Labute approximate surface area is 81.7 Å². The van der Waals surface area contributed by atoms with Gasteiger partial charge in [-0.2, -0.15) is 5.10 Å². The summed E-state index contributed by atoms with van der Waals surface area (Å²) in [7, 11) is 0. The fourth-order valence-corrected chi connectivity index (χ4v) is 2.61. The summed E-state index contributed by atoms with van der Waals surface area (Å²) in [4.78, 5) is 1.41. The van der Waals surface area contributed by atoms with Crippen LogP contribution in [0.2, 0.25) is 0 Å². The maximum absolute atomic E-state index is 4.48. The van der Waals surface area contributed by atoms with Gasteiger partial charge in [0.05, 0.1) is 10.6 Å². The zero-order valence-electron chi connectivity index (χ0n) is 7.42. The van der Waals surface area contributed by atoms with Crippen LogP contribution in [0, 0.1) is 0 Å². The van der Waals surface area contributed by atoms with Crippen molar-refractivity contribution < 1.29 is 0 Å². The van der Waals surface area contributed by atoms with E-state index in [0.717, 1.165) is 6.42 Å². The number of thiophene rings is 1. The topological polar surface area (TPSA) is 24.4 Å². The first-order chi connectivity index (χ1) is 6.43. The van der Waals surface area contributed by atoms with Crippen LogP contribution < -0.4 is 5.43 Å². The molecule has 2 nitrogen and oxygen atoms in total. The van der Waals surface area contributed by atoms with E-state index in [4.69, 9.17) is 0 Å². The van der Waals surface area contributed by atoms with Crippen LogP contribution in [-0.2, 0) is 6.42 Å². The largest absolute Gasteiger partial charge is 0.307 e. The van der Waals surface area contributed by atoms with Gasteiger partial charge in [-0.05, 0) is 42.7 Å². The summed E-state index contributed by atoms with van der Waals surface area (Å²) < 4.78 is 0. The Morgan fingerprint density at radius 2 is 2.31 bits per heavy atom. The lowest BCUT2D eigenvalue weighted by Crippen LogP contribution is -2.11. The summed E-state index contributed by atoms with van der Waals surface area (Å²) in [5.41, 5.74) is 5.99. The third-order valence-corrected chi connectivity index (χ3v) is 3.61. The van der Waals surface area contributed by atoms with Crippen molar-refractivity contribution in [3.63, 3.8) is 0 Å². The zero-order chi connectivity index (χ0) is 8.67. The molecule has 0 aromatic carbocycles. The van der Waals surface area contributed by atoms with E-state index in [2.05, 4.69) is 22.0 Å². The zero-order valence-corrected chi connectivity index (χ0v) is 8.23. The predicted octanol–water partition coefficient (Wildman–Crippen LogP) is 2.15. The molecule has 1 aromatic heterocycles. The number of hydrogen-bond acceptors (Lipinski definition) is 3. The molecule has 13 heavy (non-hydrogen) atoms. The summed E-state index contributed by atoms with van der Waals surface area (Å²) in [6, 6.07) is 2.90. The minimum Gasteiger partial charge on any atom is -0.307 e. The quantitative estimate of drug-likeness (QED) is 0.713. The molecule has 1 N–H and O–H groups in total. The highest BCUT2D eigenvalue weighted by atomic mass is 32.1. The highest BCUT2D eigenvalue weighted by molar-refractivity contribution is 7.12. The molecule has 68 valence electrons. The van der Waals surface area contributed by atoms with Gasteiger partial charge in [0.1, 0.15) is 0 Å². The Kier molecular flexibility index (Phi) is 1.65. The number of hydrazone groups is 1. The van der Waals surface area contributed by atoms with Crippen molar-refractivity contribution >= 4 is 17.0 Å². The number of fused-ring (bicyclic) bond motifs is 1. The van der Waals surface area contributed by atoms with Crippen LogP contribution in [0.1, 0.15) is 29.7 Å². The lowest BCUT2D eigenvalue weighted by atomic mass is 10.3. The van der Waals surface area contributed by atoms with Crippen LogP contribution in [0.15, 0.2) is 16.5 Å². The number of hydrogen-bond donors (Lipinski definition) is 1. The first kappa shape index (κ1) is 7.56. The first-order valence-corrected chi connectivity index (χ1v) is 5.70. The van der Waals surface area contributed by atoms with Crippen molar-refractivity contribution in [3.05, 3.63) is 21.9 Å². The normalized spacial score (nSPS) is 23.5. The molecule has 1 aromatic rings. The third kappa shape index (κ3) is 1.37. The van der Waals surface area contributed by atoms with Crippen LogP contribution in [-0.4, -0.2) is 11.8 Å². The molecule has 3 heteroatoms. The molecular weight excluding hydrogens is 180 g/mol. The van der Waals surface area contributed by atoms with Gasteiger partial charge in [0.25, 0.3) is 0 Å². The van der Waals surface area contributed by atoms with Crippen LogP contribution in [0.4, 0.5) is 0 Å². The lowest BCUT2D eigenvalue weighted by Gasteiger charge is -1.97. The molecule has 0 bridgehead atoms. The maximum atomic E-state index is 4.48. The molecule has 0 radical (unpaired) electrons. The van der Waals surface area contributed by atoms with Crippen molar-refractivity contribution in [3.8, 4) is 0 Å². The van der Waals surface area contributed by atoms with Gasteiger partial charge in [-0.15, -0.1) is 11.3 Å². The molecular formula is C10H12N2S. The van der Waals surface area contributed by atoms with E-state index in [9.17, 15) is 0 Å². The maximum Gasteiger partial charge on any atom is 0.0780 e. The predicted molar refractivity (Wildman–Crippen MR) is 55.3 cm³/mol. The van der Waals surface area contributed by atoms with Crippen LogP contribution >= 0.6 is 11.3 Å². The Hall–Kier alpha value is -0.830. The molecule has 0 aliphatic heterocycles. The smallest absolute Gasteiger partial charge is 0.0780 e. The van der Waals surface area contributed by atoms with Crippen LogP contribution in [0.5, 0.6) is 0 Å². The molecule has 0 spiro atoms. The third-order valence-electron chi connectivity index (χ3n) is 2.60. The molecule has 0 unspecified atom stereocenters. The minimum absolute atomic E-state index is 0.677. The highest BCUT2D eigenvalue weighted by Crippen LogP contribution is 2.27. The number of nitrogens with one attached hydrogen (secondary N) is 1. The summed E-state index contributed by atoms with van der Waals surface area (Å²) in [5.74, 6) is 0. The van der Waals surface area contributed by atoms with E-state index < -0.39 is 0 Å². The van der Waals surface area contributed by atoms with Crippen molar-refractivity contribution in [2.24, 2.45) is 5.10 Å². The second-order valence-corrected chi connectivity index (χ2v) is 4.65. The summed E-state index contributed by atoms with van der Waals surface area (Å²) in [5, 5.41) is 6.64. The molecule has 0 atom stereocenters. The van der Waals surface area contributed by atoms with Gasteiger partial charge >= 0.3 is 0 Å². The summed E-state index contributed by atoms with van der Waals surface area (Å²) in [6.07, 6.45) is 4.91. The van der Waals surface area contributed by atoms with E-state index in [1.165, 1.54) is 35.4 Å². The first-order valence-electron chi connectivity index (χ1n) is 4.82. The Morgan fingerprint density at radius 1 is 1.38 bits per heavy atom. The molecule has 3 rings (SSSR count). The molecule has 2 aliphatic rings. The lowest BCUT2D eigenvalue weighted by molar-refractivity contribution is 0.735. The van der Waals surface area contributed by atoms with Gasteiger partial charge in [-0.25, -0.2) is 0 Å². The van der Waals surface area contributed by atoms with Gasteiger partial charge in [-0.3, -0.25) is 0 Å². The monoisotopic (exact) mass is 192 g/mol. The average Bonchev–Trinajstić information content (AvgIpc) is 2.72. The second kappa shape index (κ2) is 2.84. The van der Waals surface area contributed by atoms with Gasteiger partial charge in [0.2, 0.25) is 0 Å². The number of rotatable bonds is 2. The Bertz CT molecular complexity index is 350. The van der Waals surface area contributed by atoms with Crippen molar-refractivity contribution in [2.75, 3.05) is 0 Å². The highest BCUT2D eigenvalue weighted by Gasteiger charge is 2.22. The van der Waals surface area contributed by atoms with Gasteiger partial charge < -0.3 is 5.43 Å². The standard InChI is InChI=1S/C10H12N2S/c1-4-9(12-11-8-2-3-8)10-7(1)5-6-13-10/h5-6,8,11H,1-4H2/b12-9-. The molecule has 1 saturated carbocycles. The second-order valence-electron chi connectivity index (χ2n) is 3.74. The number of nitrogens with zero attached hydrogens (tertiary/aromatic N) is 1. The average molecular weight is 192 g/mol. The van der Waals surface area contributed by atoms with E-state index in [1.807, 2.05) is 11.3 Å². The minimum atomic E-state index is 0.677. The molecule has 1 heterocycles. The van der Waals surface area contributed by atoms with Gasteiger partial charge in [0, 0.05) is 6.04 Å². The number of aryl methyl sites for hydroxylation is 1. The molecule has 0 saturated heterocycles. The molecule has 0 amide bonds. The van der Waals surface area contributed by atoms with E-state index >= 15 is 0 Å². The Balaban J connectivity index is 1.81. The van der Waals surface area contributed by atoms with Gasteiger partial charge in [0.15, 0.2) is 0 Å². The van der Waals surface area contributed by atoms with Crippen LogP contribution in [0.3, 0.4) is 0 Å². The molecule has 2 aliphatic carbocycles. The summed E-state index contributed by atoms with van der Waals surface area (Å²) >= 11 is 1.82. The fraction of sp³-hybridized carbons (Fsp3) is 0.500. The SMILES string of the molecule is c1cc2c(s1)/C(=N\NC1CC1)CC2. The molecule has 1 fully saturated rings. The fourth-order valence-electron chi connectivity index (χ4n) is 1.64. The van der Waals surface area contributed by atoms with Gasteiger partial charge in [-0.1, -0.05) is 0 Å². The van der Waals surface area contributed by atoms with Crippen molar-refractivity contribution in [2.45, 2.75) is 31.7 Å². The van der Waals surface area contributed by atoms with Crippen molar-refractivity contribution in [1.82, 2.24) is 5.43 Å².